The average Bonchev–Trinajstić information content (AvgIpc) is 3.03. The minimum Gasteiger partial charge on any atom is -0.462 e. The number of esters is 3. The number of nitrogens with zero attached hydrogens (tertiary/aromatic N) is 4. The van der Waals surface area contributed by atoms with E-state index in [9.17, 15) is 14.4 Å². The lowest BCUT2D eigenvalue weighted by Gasteiger charge is -2.59. The number of carbonyl (C=O) groups excluding carboxylic acids is 3. The van der Waals surface area contributed by atoms with Gasteiger partial charge in [0.05, 0.1) is 56.6 Å². The quantitative estimate of drug-likeness (QED) is 0.108. The molecule has 2 unspecified atom stereocenters. The van der Waals surface area contributed by atoms with Crippen LogP contribution in [0.25, 0.3) is 0 Å². The molecule has 0 saturated carbocycles. The molecule has 4 heterocycles. The summed E-state index contributed by atoms with van der Waals surface area (Å²) in [6.07, 6.45) is 4.38. The summed E-state index contributed by atoms with van der Waals surface area (Å²) in [7, 11) is 10.9. The summed E-state index contributed by atoms with van der Waals surface area (Å²) in [5.74, 6) is -2.92. The summed E-state index contributed by atoms with van der Waals surface area (Å²) in [4.78, 5) is 50.6. The van der Waals surface area contributed by atoms with Crippen molar-refractivity contribution >= 4 is 17.9 Å². The summed E-state index contributed by atoms with van der Waals surface area (Å²) < 4.78 is 26.9. The molecule has 2 atom stereocenters. The molecular formula is C49H91N4O7+. The van der Waals surface area contributed by atoms with Crippen LogP contribution < -0.4 is 0 Å². The fraction of sp³-hybridized carbons (Fsp3) is 0.939. The molecule has 0 aromatic carbocycles. The first-order valence-corrected chi connectivity index (χ1v) is 23.1. The molecule has 4 saturated heterocycles. The van der Waals surface area contributed by atoms with Gasteiger partial charge in [-0.05, 0) is 145 Å². The van der Waals surface area contributed by atoms with Gasteiger partial charge in [0.25, 0.3) is 0 Å². The highest BCUT2D eigenvalue weighted by atomic mass is 16.6. The maximum absolute atomic E-state index is 14.9. The monoisotopic (exact) mass is 848 g/mol. The molecule has 0 radical (unpaired) electrons. The fourth-order valence-electron chi connectivity index (χ4n) is 11.8. The average molecular weight is 848 g/mol. The Morgan fingerprint density at radius 2 is 0.783 bits per heavy atom. The highest BCUT2D eigenvalue weighted by Gasteiger charge is 2.56. The number of likely N-dealkylation sites (tertiary alicyclic amines) is 4. The standard InChI is InChI=1S/C49H91N4O7/c1-42(2)24-34(25-43(3,4)50(42)17)57-32-33(22-39(54)58-35-26-44(5,6)51(18)45(7,8)27-35)38(23-40(55)59-36-28-46(9,10)52(19)47(11,12)29-36)41(56)60-37-30-48(13,14)53(20,21)49(15,16)31-37/h33-38H,22-32H2,1-21H3/q+1. The molecule has 0 N–H and O–H groups in total. The summed E-state index contributed by atoms with van der Waals surface area (Å²) in [6, 6.07) is 0. The molecule has 0 aromatic heterocycles. The van der Waals surface area contributed by atoms with E-state index in [1.54, 1.807) is 0 Å². The van der Waals surface area contributed by atoms with Gasteiger partial charge in [0, 0.05) is 77.7 Å². The van der Waals surface area contributed by atoms with Crippen molar-refractivity contribution in [2.24, 2.45) is 11.8 Å². The summed E-state index contributed by atoms with van der Waals surface area (Å²) in [5.41, 5.74) is -1.33. The first-order chi connectivity index (χ1) is 26.9. The van der Waals surface area contributed by atoms with Gasteiger partial charge in [0.2, 0.25) is 0 Å². The number of quaternary nitrogens is 1. The number of rotatable bonds is 12. The minimum atomic E-state index is -0.967. The number of piperidine rings is 4. The van der Waals surface area contributed by atoms with Gasteiger partial charge in [0.1, 0.15) is 18.3 Å². The van der Waals surface area contributed by atoms with E-state index < -0.39 is 23.8 Å². The Morgan fingerprint density at radius 1 is 0.483 bits per heavy atom. The lowest BCUT2D eigenvalue weighted by molar-refractivity contribution is -0.988. The van der Waals surface area contributed by atoms with Crippen molar-refractivity contribution in [1.29, 1.82) is 0 Å². The van der Waals surface area contributed by atoms with Crippen molar-refractivity contribution in [2.75, 3.05) is 41.8 Å². The Balaban J connectivity index is 1.69. The second kappa shape index (κ2) is 17.0. The first kappa shape index (κ1) is 50.9. The van der Waals surface area contributed by atoms with Crippen molar-refractivity contribution in [3.63, 3.8) is 0 Å². The smallest absolute Gasteiger partial charge is 0.310 e. The first-order valence-electron chi connectivity index (χ1n) is 23.1. The van der Waals surface area contributed by atoms with Crippen molar-refractivity contribution in [1.82, 2.24) is 14.7 Å². The number of ether oxygens (including phenoxy) is 4. The Labute approximate surface area is 366 Å². The molecule has 4 rings (SSSR count). The molecule has 0 aromatic rings. The molecule has 0 spiro atoms. The summed E-state index contributed by atoms with van der Waals surface area (Å²) in [6.45, 7) is 35.5. The Hall–Kier alpha value is -1.79. The second-order valence-corrected chi connectivity index (χ2v) is 25.3. The third-order valence-corrected chi connectivity index (χ3v) is 17.4. The third-order valence-electron chi connectivity index (χ3n) is 17.4. The predicted octanol–water partition coefficient (Wildman–Crippen LogP) is 8.40. The van der Waals surface area contributed by atoms with Gasteiger partial charge in [-0.15, -0.1) is 0 Å². The van der Waals surface area contributed by atoms with Crippen LogP contribution in [0.3, 0.4) is 0 Å². The van der Waals surface area contributed by atoms with Gasteiger partial charge in [-0.1, -0.05) is 0 Å². The van der Waals surface area contributed by atoms with Crippen LogP contribution in [0.5, 0.6) is 0 Å². The molecule has 4 fully saturated rings. The zero-order chi connectivity index (χ0) is 46.0. The van der Waals surface area contributed by atoms with Gasteiger partial charge >= 0.3 is 17.9 Å². The topological polar surface area (TPSA) is 97.9 Å². The molecule has 4 aliphatic heterocycles. The number of hydrogen-bond donors (Lipinski definition) is 0. The molecule has 348 valence electrons. The van der Waals surface area contributed by atoms with E-state index >= 15 is 0 Å². The van der Waals surface area contributed by atoms with Crippen LogP contribution in [-0.4, -0.2) is 148 Å². The van der Waals surface area contributed by atoms with Crippen LogP contribution in [-0.2, 0) is 33.3 Å². The molecule has 4 aliphatic rings. The van der Waals surface area contributed by atoms with E-state index in [4.69, 9.17) is 18.9 Å². The summed E-state index contributed by atoms with van der Waals surface area (Å²) >= 11 is 0. The lowest BCUT2D eigenvalue weighted by Crippen LogP contribution is -2.71. The zero-order valence-electron chi connectivity index (χ0n) is 42.4. The number of carbonyl (C=O) groups is 3. The van der Waals surface area contributed by atoms with Gasteiger partial charge < -0.3 is 23.4 Å². The normalized spacial score (nSPS) is 28.9. The summed E-state index contributed by atoms with van der Waals surface area (Å²) in [5, 5.41) is 0. The highest BCUT2D eigenvalue weighted by Crippen LogP contribution is 2.45. The van der Waals surface area contributed by atoms with E-state index in [0.717, 1.165) is 17.3 Å². The van der Waals surface area contributed by atoms with Crippen LogP contribution in [0.2, 0.25) is 0 Å². The van der Waals surface area contributed by atoms with Crippen molar-refractivity contribution in [2.45, 2.75) is 244 Å². The number of hydrogen-bond acceptors (Lipinski definition) is 10. The second-order valence-electron chi connectivity index (χ2n) is 25.3. The maximum atomic E-state index is 14.9. The van der Waals surface area contributed by atoms with Crippen LogP contribution in [0.4, 0.5) is 0 Å². The van der Waals surface area contributed by atoms with E-state index in [-0.39, 0.29) is 94.1 Å². The van der Waals surface area contributed by atoms with Crippen LogP contribution >= 0.6 is 0 Å². The predicted molar refractivity (Wildman–Crippen MR) is 241 cm³/mol. The van der Waals surface area contributed by atoms with Crippen molar-refractivity contribution in [3.05, 3.63) is 0 Å². The van der Waals surface area contributed by atoms with Gasteiger partial charge in [-0.3, -0.25) is 29.1 Å². The van der Waals surface area contributed by atoms with Crippen LogP contribution in [0, 0.1) is 11.8 Å². The Kier molecular flexibility index (Phi) is 14.4. The van der Waals surface area contributed by atoms with Gasteiger partial charge in [-0.25, -0.2) is 0 Å². The lowest BCUT2D eigenvalue weighted by atomic mass is 9.76. The highest BCUT2D eigenvalue weighted by molar-refractivity contribution is 5.81. The maximum Gasteiger partial charge on any atom is 0.310 e. The van der Waals surface area contributed by atoms with E-state index in [1.807, 2.05) is 0 Å². The van der Waals surface area contributed by atoms with Crippen molar-refractivity contribution < 1.29 is 37.8 Å². The molecule has 60 heavy (non-hydrogen) atoms. The molecule has 0 bridgehead atoms. The van der Waals surface area contributed by atoms with Gasteiger partial charge in [-0.2, -0.15) is 0 Å². The minimum absolute atomic E-state index is 0.0699. The molecule has 11 nitrogen and oxygen atoms in total. The third kappa shape index (κ3) is 10.9. The molecule has 11 heteroatoms. The van der Waals surface area contributed by atoms with Crippen LogP contribution in [0.15, 0.2) is 0 Å². The Bertz CT molecular complexity index is 1490. The van der Waals surface area contributed by atoms with E-state index in [1.165, 1.54) is 0 Å². The molecule has 0 amide bonds. The largest absolute Gasteiger partial charge is 0.462 e. The SMILES string of the molecule is CN1C(C)(C)CC(OCC(CC(=O)OC2CC(C)(C)N(C)C(C)(C)C2)C(CC(=O)OC2CC(C)(C)N(C)C(C)(C)C2)C(=O)OC2CC(C)(C)[N+](C)(C)C(C)(C)C2)CC1(C)C. The molecular weight excluding hydrogens is 757 g/mol. The van der Waals surface area contributed by atoms with Gasteiger partial charge in [0.15, 0.2) is 0 Å². The van der Waals surface area contributed by atoms with E-state index in [2.05, 4.69) is 161 Å². The van der Waals surface area contributed by atoms with E-state index in [0.29, 0.717) is 38.5 Å². The van der Waals surface area contributed by atoms with Crippen LogP contribution in [0.1, 0.15) is 175 Å². The molecule has 0 aliphatic carbocycles. The Morgan fingerprint density at radius 3 is 1.13 bits per heavy atom. The van der Waals surface area contributed by atoms with Crippen molar-refractivity contribution in [3.8, 4) is 0 Å². The zero-order valence-corrected chi connectivity index (χ0v) is 42.4. The fourth-order valence-corrected chi connectivity index (χ4v) is 11.8.